The quantitative estimate of drug-likeness (QED) is 0.780. The van der Waals surface area contributed by atoms with Gasteiger partial charge in [-0.25, -0.2) is 4.68 Å². The van der Waals surface area contributed by atoms with Crippen molar-refractivity contribution in [3.63, 3.8) is 0 Å². The topological polar surface area (TPSA) is 38.0 Å². The number of rotatable bonds is 3. The summed E-state index contributed by atoms with van der Waals surface area (Å²) < 4.78 is 1.75. The summed E-state index contributed by atoms with van der Waals surface area (Å²) in [6.45, 7) is -0.117. The second kappa shape index (κ2) is 5.90. The van der Waals surface area contributed by atoms with E-state index in [1.54, 1.807) is 16.8 Å². The molecule has 0 spiro atoms. The van der Waals surface area contributed by atoms with Crippen LogP contribution in [-0.4, -0.2) is 14.9 Å². The highest BCUT2D eigenvalue weighted by Gasteiger charge is 2.12. The number of aliphatic hydroxyl groups excluding tert-OH is 1. The van der Waals surface area contributed by atoms with Crippen LogP contribution in [-0.2, 0) is 6.61 Å². The minimum atomic E-state index is -0.117. The van der Waals surface area contributed by atoms with Crippen molar-refractivity contribution in [1.29, 1.82) is 0 Å². The lowest BCUT2D eigenvalue weighted by Crippen LogP contribution is -1.99. The van der Waals surface area contributed by atoms with Gasteiger partial charge in [0.2, 0.25) is 0 Å². The smallest absolute Gasteiger partial charge is 0.0889 e. The van der Waals surface area contributed by atoms with Crippen LogP contribution >= 0.6 is 23.2 Å². The molecule has 0 fully saturated rings. The minimum Gasteiger partial charge on any atom is -0.390 e. The molecule has 0 unspecified atom stereocenters. The van der Waals surface area contributed by atoms with Gasteiger partial charge in [0.25, 0.3) is 0 Å². The van der Waals surface area contributed by atoms with Crippen LogP contribution in [0.4, 0.5) is 0 Å². The molecule has 3 rings (SSSR count). The first kappa shape index (κ1) is 14.1. The van der Waals surface area contributed by atoms with Gasteiger partial charge in [-0.2, -0.15) is 5.10 Å². The molecular formula is C16H12Cl2N2O. The molecule has 1 aromatic heterocycles. The first-order valence-electron chi connectivity index (χ1n) is 6.39. The van der Waals surface area contributed by atoms with Crippen LogP contribution in [0.3, 0.4) is 0 Å². The summed E-state index contributed by atoms with van der Waals surface area (Å²) in [5.41, 5.74) is 3.29. The molecule has 0 atom stereocenters. The zero-order valence-corrected chi connectivity index (χ0v) is 12.5. The Morgan fingerprint density at radius 1 is 0.952 bits per heavy atom. The summed E-state index contributed by atoms with van der Waals surface area (Å²) in [5.74, 6) is 0. The van der Waals surface area contributed by atoms with Gasteiger partial charge in [0.05, 0.1) is 33.7 Å². The lowest BCUT2D eigenvalue weighted by molar-refractivity contribution is 0.276. The van der Waals surface area contributed by atoms with E-state index in [1.165, 1.54) is 0 Å². The fourth-order valence-corrected chi connectivity index (χ4v) is 2.43. The molecule has 1 heterocycles. The van der Waals surface area contributed by atoms with Crippen molar-refractivity contribution < 1.29 is 5.11 Å². The van der Waals surface area contributed by atoms with E-state index in [4.69, 9.17) is 23.2 Å². The summed E-state index contributed by atoms with van der Waals surface area (Å²) in [5, 5.41) is 14.7. The van der Waals surface area contributed by atoms with E-state index in [9.17, 15) is 5.11 Å². The van der Waals surface area contributed by atoms with Gasteiger partial charge in [-0.05, 0) is 24.3 Å². The number of hydrogen-bond donors (Lipinski definition) is 1. The summed E-state index contributed by atoms with van der Waals surface area (Å²) in [6.07, 6.45) is 0. The fourth-order valence-electron chi connectivity index (χ4n) is 2.14. The number of aliphatic hydroxyl groups is 1. The number of benzene rings is 2. The molecule has 0 aliphatic carbocycles. The minimum absolute atomic E-state index is 0.117. The number of halogens is 2. The standard InChI is InChI=1S/C16H12Cl2N2O/c17-14-7-6-13(9-15(14)18)20-16(8-12(10-21)19-20)11-4-2-1-3-5-11/h1-9,21H,10H2. The average molecular weight is 319 g/mol. The largest absolute Gasteiger partial charge is 0.390 e. The number of hydrogen-bond acceptors (Lipinski definition) is 2. The third kappa shape index (κ3) is 2.81. The number of aromatic nitrogens is 2. The zero-order valence-electron chi connectivity index (χ0n) is 11.0. The fraction of sp³-hybridized carbons (Fsp3) is 0.0625. The van der Waals surface area contributed by atoms with E-state index >= 15 is 0 Å². The van der Waals surface area contributed by atoms with Crippen LogP contribution in [0.15, 0.2) is 54.6 Å². The molecule has 0 amide bonds. The van der Waals surface area contributed by atoms with E-state index in [1.807, 2.05) is 42.5 Å². The first-order chi connectivity index (χ1) is 10.2. The van der Waals surface area contributed by atoms with Gasteiger partial charge in [-0.3, -0.25) is 0 Å². The maximum absolute atomic E-state index is 9.34. The van der Waals surface area contributed by atoms with E-state index in [-0.39, 0.29) is 6.61 Å². The molecule has 1 N–H and O–H groups in total. The normalized spacial score (nSPS) is 10.8. The Morgan fingerprint density at radius 3 is 2.38 bits per heavy atom. The van der Waals surface area contributed by atoms with Gasteiger partial charge in [-0.15, -0.1) is 0 Å². The molecule has 106 valence electrons. The second-order valence-corrected chi connectivity index (χ2v) is 5.37. The third-order valence-corrected chi connectivity index (χ3v) is 3.88. The highest BCUT2D eigenvalue weighted by atomic mass is 35.5. The van der Waals surface area contributed by atoms with Crippen molar-refractivity contribution in [2.45, 2.75) is 6.61 Å². The molecule has 5 heteroatoms. The van der Waals surface area contributed by atoms with E-state index in [0.29, 0.717) is 15.7 Å². The predicted molar refractivity (Wildman–Crippen MR) is 84.9 cm³/mol. The maximum atomic E-state index is 9.34. The predicted octanol–water partition coefficient (Wildman–Crippen LogP) is 4.34. The zero-order chi connectivity index (χ0) is 14.8. The molecule has 0 aliphatic rings. The van der Waals surface area contributed by atoms with Crippen LogP contribution in [0.1, 0.15) is 5.69 Å². The highest BCUT2D eigenvalue weighted by molar-refractivity contribution is 6.42. The Balaban J connectivity index is 2.17. The number of nitrogens with zero attached hydrogens (tertiary/aromatic N) is 2. The Hall–Kier alpha value is -1.81. The van der Waals surface area contributed by atoms with Gasteiger partial charge in [-0.1, -0.05) is 53.5 Å². The summed E-state index contributed by atoms with van der Waals surface area (Å²) >= 11 is 12.0. The van der Waals surface area contributed by atoms with E-state index in [0.717, 1.165) is 16.9 Å². The Labute approximate surface area is 132 Å². The van der Waals surface area contributed by atoms with Crippen molar-refractivity contribution in [3.8, 4) is 16.9 Å². The van der Waals surface area contributed by atoms with Gasteiger partial charge in [0, 0.05) is 5.56 Å². The van der Waals surface area contributed by atoms with Crippen molar-refractivity contribution in [3.05, 3.63) is 70.3 Å². The first-order valence-corrected chi connectivity index (χ1v) is 7.15. The van der Waals surface area contributed by atoms with Gasteiger partial charge in [0.1, 0.15) is 0 Å². The SMILES string of the molecule is OCc1cc(-c2ccccc2)n(-c2ccc(Cl)c(Cl)c2)n1. The van der Waals surface area contributed by atoms with Crippen molar-refractivity contribution in [2.24, 2.45) is 0 Å². The van der Waals surface area contributed by atoms with Crippen molar-refractivity contribution in [1.82, 2.24) is 9.78 Å². The third-order valence-electron chi connectivity index (χ3n) is 3.14. The summed E-state index contributed by atoms with van der Waals surface area (Å²) in [7, 11) is 0. The molecular weight excluding hydrogens is 307 g/mol. The van der Waals surface area contributed by atoms with Crippen molar-refractivity contribution in [2.75, 3.05) is 0 Å². The molecule has 0 saturated carbocycles. The average Bonchev–Trinajstić information content (AvgIpc) is 2.95. The van der Waals surface area contributed by atoms with Crippen LogP contribution in [0, 0.1) is 0 Å². The van der Waals surface area contributed by atoms with Crippen LogP contribution in [0.25, 0.3) is 16.9 Å². The van der Waals surface area contributed by atoms with Gasteiger partial charge in [0.15, 0.2) is 0 Å². The molecule has 2 aromatic carbocycles. The lowest BCUT2D eigenvalue weighted by Gasteiger charge is -2.08. The Kier molecular flexibility index (Phi) is 3.97. The lowest BCUT2D eigenvalue weighted by atomic mass is 10.1. The van der Waals surface area contributed by atoms with Crippen molar-refractivity contribution >= 4 is 23.2 Å². The monoisotopic (exact) mass is 318 g/mol. The molecule has 0 bridgehead atoms. The van der Waals surface area contributed by atoms with Crippen LogP contribution in [0.2, 0.25) is 10.0 Å². The van der Waals surface area contributed by atoms with E-state index in [2.05, 4.69) is 5.10 Å². The molecule has 3 nitrogen and oxygen atoms in total. The molecule has 0 aliphatic heterocycles. The Morgan fingerprint density at radius 2 is 1.71 bits per heavy atom. The highest BCUT2D eigenvalue weighted by Crippen LogP contribution is 2.28. The van der Waals surface area contributed by atoms with E-state index < -0.39 is 0 Å². The molecule has 21 heavy (non-hydrogen) atoms. The van der Waals surface area contributed by atoms with Crippen LogP contribution in [0.5, 0.6) is 0 Å². The summed E-state index contributed by atoms with van der Waals surface area (Å²) in [6, 6.07) is 17.0. The van der Waals surface area contributed by atoms with Gasteiger partial charge >= 0.3 is 0 Å². The second-order valence-electron chi connectivity index (χ2n) is 4.56. The Bertz CT molecular complexity index is 769. The molecule has 0 saturated heterocycles. The van der Waals surface area contributed by atoms with Crippen LogP contribution < -0.4 is 0 Å². The molecule has 3 aromatic rings. The van der Waals surface area contributed by atoms with Gasteiger partial charge < -0.3 is 5.11 Å². The summed E-state index contributed by atoms with van der Waals surface area (Å²) in [4.78, 5) is 0. The molecule has 0 radical (unpaired) electrons. The maximum Gasteiger partial charge on any atom is 0.0889 e.